The number of aliphatic hydroxyl groups excluding tert-OH is 1. The van der Waals surface area contributed by atoms with Crippen molar-refractivity contribution in [2.45, 2.75) is 32.0 Å². The van der Waals surface area contributed by atoms with E-state index < -0.39 is 18.2 Å². The van der Waals surface area contributed by atoms with Gasteiger partial charge in [0, 0.05) is 17.6 Å². The van der Waals surface area contributed by atoms with Gasteiger partial charge in [0.1, 0.15) is 29.2 Å². The fraction of sp³-hybridized carbons (Fsp3) is 0.280. The zero-order valence-corrected chi connectivity index (χ0v) is 19.7. The molecule has 1 saturated heterocycles. The molecule has 1 fully saturated rings. The van der Waals surface area contributed by atoms with Gasteiger partial charge in [-0.15, -0.1) is 11.3 Å². The number of nitrogens with zero attached hydrogens (tertiary/aromatic N) is 4. The molecule has 9 nitrogen and oxygen atoms in total. The molecule has 3 aromatic heterocycles. The Hall–Kier alpha value is -3.76. The Morgan fingerprint density at radius 3 is 3.00 bits per heavy atom. The monoisotopic (exact) mass is 489 g/mol. The van der Waals surface area contributed by atoms with Crippen LogP contribution in [0.1, 0.15) is 18.7 Å². The first kappa shape index (κ1) is 21.8. The van der Waals surface area contributed by atoms with Crippen LogP contribution in [0.2, 0.25) is 0 Å². The van der Waals surface area contributed by atoms with E-state index in [1.807, 2.05) is 42.5 Å². The van der Waals surface area contributed by atoms with Gasteiger partial charge in [-0.1, -0.05) is 12.1 Å². The van der Waals surface area contributed by atoms with Crippen molar-refractivity contribution < 1.29 is 19.4 Å². The average molecular weight is 490 g/mol. The van der Waals surface area contributed by atoms with Gasteiger partial charge in [-0.05, 0) is 56.0 Å². The van der Waals surface area contributed by atoms with Gasteiger partial charge >= 0.3 is 5.97 Å². The first-order chi connectivity index (χ1) is 17.0. The number of anilines is 2. The third-order valence-electron chi connectivity index (χ3n) is 6.48. The van der Waals surface area contributed by atoms with Crippen LogP contribution in [0.3, 0.4) is 0 Å². The van der Waals surface area contributed by atoms with E-state index in [1.54, 1.807) is 28.7 Å². The van der Waals surface area contributed by atoms with E-state index in [2.05, 4.69) is 20.3 Å². The number of aliphatic carboxylic acids is 1. The maximum atomic E-state index is 12.2. The predicted octanol–water partition coefficient (Wildman–Crippen LogP) is 4.39. The van der Waals surface area contributed by atoms with Gasteiger partial charge in [0.15, 0.2) is 11.4 Å². The van der Waals surface area contributed by atoms with Crippen LogP contribution in [-0.4, -0.2) is 49.9 Å². The van der Waals surface area contributed by atoms with E-state index in [1.165, 1.54) is 0 Å². The van der Waals surface area contributed by atoms with Gasteiger partial charge in [-0.3, -0.25) is 0 Å². The van der Waals surface area contributed by atoms with Gasteiger partial charge in [0.25, 0.3) is 0 Å². The molecule has 5 aromatic rings. The number of rotatable bonds is 6. The lowest BCUT2D eigenvalue weighted by Crippen LogP contribution is -2.36. The summed E-state index contributed by atoms with van der Waals surface area (Å²) in [5, 5.41) is 24.7. The highest BCUT2D eigenvalue weighted by molar-refractivity contribution is 7.16. The van der Waals surface area contributed by atoms with Crippen LogP contribution in [0.5, 0.6) is 0 Å². The highest BCUT2D eigenvalue weighted by Crippen LogP contribution is 2.38. The van der Waals surface area contributed by atoms with Gasteiger partial charge in [-0.25, -0.2) is 19.7 Å². The standard InChI is InChI=1S/C25H23N5O4S/c1-13-27-22-16-4-2-3-5-19(16)34-23(22)24(28-13)30-11-14(8-18(30)25(32)33)9-21(31)29-15-6-7-17-20(10-15)35-12-26-17/h2-7,10,12,14,18,21,29,31H,8-9,11H2,1H3,(H,32,33). The topological polar surface area (TPSA) is 125 Å². The summed E-state index contributed by atoms with van der Waals surface area (Å²) in [5.74, 6) is 0.0510. The molecule has 3 N–H and O–H groups in total. The fourth-order valence-corrected chi connectivity index (χ4v) is 5.67. The number of carbonyl (C=O) groups is 1. The average Bonchev–Trinajstić information content (AvgIpc) is 3.55. The van der Waals surface area contributed by atoms with Crippen molar-refractivity contribution in [1.82, 2.24) is 15.0 Å². The minimum absolute atomic E-state index is 0.0552. The van der Waals surface area contributed by atoms with E-state index in [0.717, 1.165) is 21.3 Å². The summed E-state index contributed by atoms with van der Waals surface area (Å²) in [6.07, 6.45) is -0.0285. The molecule has 0 bridgehead atoms. The van der Waals surface area contributed by atoms with Crippen molar-refractivity contribution in [2.24, 2.45) is 5.92 Å². The molecule has 35 heavy (non-hydrogen) atoms. The lowest BCUT2D eigenvalue weighted by atomic mass is 10.0. The van der Waals surface area contributed by atoms with Gasteiger partial charge in [-0.2, -0.15) is 0 Å². The minimum Gasteiger partial charge on any atom is -0.480 e. The number of aromatic nitrogens is 3. The minimum atomic E-state index is -0.925. The van der Waals surface area contributed by atoms with E-state index in [9.17, 15) is 15.0 Å². The number of fused-ring (bicyclic) bond motifs is 4. The first-order valence-corrected chi connectivity index (χ1v) is 12.3. The van der Waals surface area contributed by atoms with Crippen LogP contribution in [0.25, 0.3) is 32.3 Å². The molecule has 1 aliphatic heterocycles. The third kappa shape index (κ3) is 3.94. The number of benzene rings is 2. The number of hydrogen-bond donors (Lipinski definition) is 3. The molecule has 0 aliphatic carbocycles. The molecular formula is C25H23N5O4S. The summed E-state index contributed by atoms with van der Waals surface area (Å²) in [5.41, 5.74) is 5.36. The van der Waals surface area contributed by atoms with Crippen LogP contribution >= 0.6 is 11.3 Å². The van der Waals surface area contributed by atoms with Crippen molar-refractivity contribution >= 4 is 61.1 Å². The summed E-state index contributed by atoms with van der Waals surface area (Å²) in [7, 11) is 0. The maximum Gasteiger partial charge on any atom is 0.326 e. The van der Waals surface area contributed by atoms with Crippen molar-refractivity contribution in [3.63, 3.8) is 0 Å². The lowest BCUT2D eigenvalue weighted by molar-refractivity contribution is -0.138. The van der Waals surface area contributed by atoms with Crippen molar-refractivity contribution in [2.75, 3.05) is 16.8 Å². The number of nitrogens with one attached hydrogen (secondary N) is 1. The van der Waals surface area contributed by atoms with Gasteiger partial charge in [0.05, 0.1) is 15.7 Å². The summed E-state index contributed by atoms with van der Waals surface area (Å²) in [4.78, 5) is 27.4. The Labute approximate surface area is 204 Å². The number of thiazole rings is 1. The molecule has 3 unspecified atom stereocenters. The highest BCUT2D eigenvalue weighted by Gasteiger charge is 2.40. The summed E-state index contributed by atoms with van der Waals surface area (Å²) < 4.78 is 7.11. The molecule has 6 rings (SSSR count). The number of carboxylic acids is 1. The molecule has 3 atom stereocenters. The van der Waals surface area contributed by atoms with Crippen molar-refractivity contribution in [1.29, 1.82) is 0 Å². The van der Waals surface area contributed by atoms with Crippen LogP contribution in [0.15, 0.2) is 52.4 Å². The van der Waals surface area contributed by atoms with Crippen molar-refractivity contribution in [3.8, 4) is 0 Å². The molecule has 0 amide bonds. The second-order valence-corrected chi connectivity index (χ2v) is 9.80. The summed E-state index contributed by atoms with van der Waals surface area (Å²) in [6, 6.07) is 12.6. The van der Waals surface area contributed by atoms with Gasteiger partial charge in [0.2, 0.25) is 0 Å². The van der Waals surface area contributed by atoms with Crippen LogP contribution in [0.4, 0.5) is 11.5 Å². The molecule has 0 saturated carbocycles. The molecule has 1 aliphatic rings. The first-order valence-electron chi connectivity index (χ1n) is 11.4. The molecular weight excluding hydrogens is 466 g/mol. The Bertz CT molecular complexity index is 1560. The zero-order chi connectivity index (χ0) is 24.1. The van der Waals surface area contributed by atoms with Gasteiger partial charge < -0.3 is 24.8 Å². The Morgan fingerprint density at radius 2 is 2.14 bits per heavy atom. The molecule has 178 valence electrons. The highest BCUT2D eigenvalue weighted by atomic mass is 32.1. The Balaban J connectivity index is 1.27. The maximum absolute atomic E-state index is 12.2. The number of aliphatic hydroxyl groups is 1. The van der Waals surface area contributed by atoms with Crippen LogP contribution in [-0.2, 0) is 4.79 Å². The van der Waals surface area contributed by atoms with Crippen LogP contribution < -0.4 is 10.2 Å². The number of aryl methyl sites for hydroxylation is 1. The van der Waals surface area contributed by atoms with E-state index in [-0.39, 0.29) is 5.92 Å². The second-order valence-electron chi connectivity index (χ2n) is 8.91. The molecule has 2 aromatic carbocycles. The third-order valence-corrected chi connectivity index (χ3v) is 7.27. The number of hydrogen-bond acceptors (Lipinski definition) is 9. The second kappa shape index (κ2) is 8.47. The normalized spacial score (nSPS) is 19.1. The molecule has 4 heterocycles. The molecule has 10 heteroatoms. The zero-order valence-electron chi connectivity index (χ0n) is 18.9. The SMILES string of the molecule is Cc1nc(N2CC(CC(O)Nc3ccc4ncsc4c3)CC2C(=O)O)c2oc3ccccc3c2n1. The number of furan rings is 1. The smallest absolute Gasteiger partial charge is 0.326 e. The quantitative estimate of drug-likeness (QED) is 0.298. The van der Waals surface area contributed by atoms with Crippen LogP contribution in [0, 0.1) is 12.8 Å². The van der Waals surface area contributed by atoms with E-state index >= 15 is 0 Å². The summed E-state index contributed by atoms with van der Waals surface area (Å²) >= 11 is 1.54. The number of para-hydroxylation sites is 1. The Kier molecular flexibility index (Phi) is 5.27. The van der Waals surface area contributed by atoms with E-state index in [0.29, 0.717) is 47.7 Å². The lowest BCUT2D eigenvalue weighted by Gasteiger charge is -2.23. The molecule has 0 spiro atoms. The number of carboxylic acid groups (broad SMARTS) is 1. The predicted molar refractivity (Wildman–Crippen MR) is 135 cm³/mol. The Morgan fingerprint density at radius 1 is 1.29 bits per heavy atom. The summed E-state index contributed by atoms with van der Waals surface area (Å²) in [6.45, 7) is 2.23. The fourth-order valence-electron chi connectivity index (χ4n) is 4.95. The molecule has 0 radical (unpaired) electrons. The van der Waals surface area contributed by atoms with Crippen molar-refractivity contribution in [3.05, 3.63) is 53.8 Å². The largest absolute Gasteiger partial charge is 0.480 e. The van der Waals surface area contributed by atoms with E-state index in [4.69, 9.17) is 4.42 Å².